The van der Waals surface area contributed by atoms with E-state index in [9.17, 15) is 27.6 Å². The number of carbonyl (C=O) groups excluding carboxylic acids is 4. The van der Waals surface area contributed by atoms with E-state index in [2.05, 4.69) is 26.9 Å². The van der Waals surface area contributed by atoms with Gasteiger partial charge in [-0.2, -0.15) is 0 Å². The molecule has 3 N–H and O–H groups in total. The van der Waals surface area contributed by atoms with E-state index in [1.165, 1.54) is 11.0 Å². The summed E-state index contributed by atoms with van der Waals surface area (Å²) in [4.78, 5) is 60.4. The normalized spacial score (nSPS) is 29.1. The van der Waals surface area contributed by atoms with Crippen LogP contribution in [0, 0.1) is 11.3 Å². The summed E-state index contributed by atoms with van der Waals surface area (Å²) in [6.45, 7) is 9.42. The average Bonchev–Trinajstić information content (AvgIpc) is 3.93. The first-order chi connectivity index (χ1) is 22.2. The molecular weight excluding hydrogens is 626 g/mol. The summed E-state index contributed by atoms with van der Waals surface area (Å²) in [6.07, 6.45) is 8.25. The standard InChI is InChI=1S/C33H47N5O8S/c1-5-22-19-33(22,30(41)37-47(43,44)24-14-15-24)36-27(39)25-18-23-20-38(25)29(40)26(32(2,3)4)35-31(42)45-17-10-8-6-7-9-12-21-13-11-16-34-28(21)46-23/h5,11,13,16,22-26H,1,6-10,12,14-15,17-20H2,2-4H3,(H,35,42)(H,36,39)(H,37,41)/t22-,23+,25+,26-,33-/m1/s1. The lowest BCUT2D eigenvalue weighted by Gasteiger charge is -2.35. The van der Waals surface area contributed by atoms with Crippen molar-refractivity contribution >= 4 is 33.8 Å². The maximum absolute atomic E-state index is 14.3. The minimum atomic E-state index is -3.87. The molecule has 4 aliphatic rings. The van der Waals surface area contributed by atoms with Crippen LogP contribution in [0.2, 0.25) is 0 Å². The Morgan fingerprint density at radius 2 is 1.87 bits per heavy atom. The third-order valence-electron chi connectivity index (χ3n) is 9.42. The Bertz CT molecular complexity index is 1490. The van der Waals surface area contributed by atoms with Crippen molar-refractivity contribution in [1.29, 1.82) is 0 Å². The lowest BCUT2D eigenvalue weighted by atomic mass is 9.85. The fourth-order valence-electron chi connectivity index (χ4n) is 6.36. The van der Waals surface area contributed by atoms with Crippen molar-refractivity contribution in [2.75, 3.05) is 13.2 Å². The van der Waals surface area contributed by atoms with E-state index in [0.717, 1.165) is 37.7 Å². The van der Waals surface area contributed by atoms with Gasteiger partial charge in [-0.3, -0.25) is 19.1 Å². The Kier molecular flexibility index (Phi) is 10.2. The minimum absolute atomic E-state index is 0.0242. The average molecular weight is 674 g/mol. The highest BCUT2D eigenvalue weighted by Gasteiger charge is 2.62. The highest BCUT2D eigenvalue weighted by molar-refractivity contribution is 7.91. The number of rotatable bonds is 6. The first kappa shape index (κ1) is 34.6. The smallest absolute Gasteiger partial charge is 0.407 e. The number of aryl methyl sites for hydroxylation is 1. The molecule has 5 atom stereocenters. The molecular formula is C33H47N5O8S. The molecule has 2 aliphatic heterocycles. The van der Waals surface area contributed by atoms with Crippen LogP contribution in [0.3, 0.4) is 0 Å². The van der Waals surface area contributed by atoms with Crippen LogP contribution < -0.4 is 20.1 Å². The van der Waals surface area contributed by atoms with Gasteiger partial charge in [-0.1, -0.05) is 52.2 Å². The summed E-state index contributed by atoms with van der Waals surface area (Å²) < 4.78 is 39.1. The van der Waals surface area contributed by atoms with Crippen LogP contribution in [-0.2, 0) is 35.6 Å². The van der Waals surface area contributed by atoms with Crippen molar-refractivity contribution < 1.29 is 37.1 Å². The topological polar surface area (TPSA) is 173 Å². The fraction of sp³-hybridized carbons (Fsp3) is 0.667. The maximum Gasteiger partial charge on any atom is 0.407 e. The van der Waals surface area contributed by atoms with Gasteiger partial charge in [0.05, 0.1) is 18.4 Å². The van der Waals surface area contributed by atoms with Crippen molar-refractivity contribution in [3.8, 4) is 5.88 Å². The van der Waals surface area contributed by atoms with Crippen molar-refractivity contribution in [2.45, 2.75) is 114 Å². The van der Waals surface area contributed by atoms with Crippen molar-refractivity contribution in [2.24, 2.45) is 11.3 Å². The van der Waals surface area contributed by atoms with Gasteiger partial charge >= 0.3 is 6.09 Å². The predicted molar refractivity (Wildman–Crippen MR) is 173 cm³/mol. The van der Waals surface area contributed by atoms with Crippen LogP contribution in [0.1, 0.15) is 84.1 Å². The maximum atomic E-state index is 14.3. The number of cyclic esters (lactones) is 1. The Labute approximate surface area is 276 Å². The number of nitrogens with zero attached hydrogens (tertiary/aromatic N) is 2. The zero-order valence-corrected chi connectivity index (χ0v) is 28.3. The van der Waals surface area contributed by atoms with Crippen molar-refractivity contribution in [3.63, 3.8) is 0 Å². The van der Waals surface area contributed by atoms with Crippen LogP contribution in [-0.4, -0.2) is 84.2 Å². The number of amides is 4. The number of nitrogens with one attached hydrogen (secondary N) is 3. The summed E-state index contributed by atoms with van der Waals surface area (Å²) in [5.41, 5.74) is -1.34. The molecule has 3 heterocycles. The zero-order chi connectivity index (χ0) is 34.0. The molecule has 47 heavy (non-hydrogen) atoms. The second kappa shape index (κ2) is 13.8. The Morgan fingerprint density at radius 1 is 1.15 bits per heavy atom. The number of ether oxygens (including phenoxy) is 2. The van der Waals surface area contributed by atoms with E-state index in [4.69, 9.17) is 9.47 Å². The summed E-state index contributed by atoms with van der Waals surface area (Å²) in [5, 5.41) is 4.89. The second-order valence-electron chi connectivity index (χ2n) is 14.2. The molecule has 0 spiro atoms. The molecule has 0 radical (unpaired) electrons. The number of alkyl carbamates (subject to hydrolysis) is 1. The third-order valence-corrected chi connectivity index (χ3v) is 11.2. The summed E-state index contributed by atoms with van der Waals surface area (Å²) in [6, 6.07) is 1.68. The molecule has 1 saturated heterocycles. The number of hydrogen-bond donors (Lipinski definition) is 3. The van der Waals surface area contributed by atoms with Gasteiger partial charge in [-0.05, 0) is 50.0 Å². The van der Waals surface area contributed by atoms with Gasteiger partial charge in [0, 0.05) is 24.1 Å². The zero-order valence-electron chi connectivity index (χ0n) is 27.5. The summed E-state index contributed by atoms with van der Waals surface area (Å²) in [7, 11) is -3.87. The molecule has 1 aromatic rings. The number of carbonyl (C=O) groups is 4. The first-order valence-electron chi connectivity index (χ1n) is 16.6. The predicted octanol–water partition coefficient (Wildman–Crippen LogP) is 2.75. The lowest BCUT2D eigenvalue weighted by Crippen LogP contribution is -2.60. The quantitative estimate of drug-likeness (QED) is 0.384. The molecule has 1 aromatic heterocycles. The van der Waals surface area contributed by atoms with E-state index < -0.39 is 74.1 Å². The highest BCUT2D eigenvalue weighted by atomic mass is 32.2. The number of aromatic nitrogens is 1. The number of pyridine rings is 1. The van der Waals surface area contributed by atoms with Crippen LogP contribution in [0.15, 0.2) is 31.0 Å². The van der Waals surface area contributed by atoms with Crippen LogP contribution >= 0.6 is 0 Å². The monoisotopic (exact) mass is 673 g/mol. The summed E-state index contributed by atoms with van der Waals surface area (Å²) in [5.74, 6) is -2.00. The molecule has 5 rings (SSSR count). The van der Waals surface area contributed by atoms with Gasteiger partial charge in [0.25, 0.3) is 5.91 Å². The van der Waals surface area contributed by atoms with E-state index in [-0.39, 0.29) is 26.0 Å². The molecule has 14 heteroatoms. The van der Waals surface area contributed by atoms with Crippen molar-refractivity contribution in [3.05, 3.63) is 36.5 Å². The molecule has 0 unspecified atom stereocenters. The Balaban J connectivity index is 1.43. The van der Waals surface area contributed by atoms with Crippen molar-refractivity contribution in [1.82, 2.24) is 25.2 Å². The Hall–Kier alpha value is -3.68. The molecule has 3 fully saturated rings. The van der Waals surface area contributed by atoms with Gasteiger partial charge in [0.15, 0.2) is 0 Å². The number of sulfonamides is 1. The van der Waals surface area contributed by atoms with Gasteiger partial charge < -0.3 is 25.0 Å². The van der Waals surface area contributed by atoms with Crippen LogP contribution in [0.5, 0.6) is 5.88 Å². The van der Waals surface area contributed by atoms with E-state index in [1.54, 1.807) is 27.0 Å². The number of hydrogen-bond acceptors (Lipinski definition) is 9. The molecule has 0 aromatic carbocycles. The van der Waals surface area contributed by atoms with E-state index in [0.29, 0.717) is 25.1 Å². The first-order valence-corrected chi connectivity index (χ1v) is 18.1. The van der Waals surface area contributed by atoms with Gasteiger partial charge in [0.2, 0.25) is 27.7 Å². The third kappa shape index (κ3) is 8.07. The fourth-order valence-corrected chi connectivity index (χ4v) is 7.72. The van der Waals surface area contributed by atoms with Crippen LogP contribution in [0.25, 0.3) is 0 Å². The van der Waals surface area contributed by atoms with E-state index in [1.807, 2.05) is 12.1 Å². The highest BCUT2D eigenvalue weighted by Crippen LogP contribution is 2.45. The minimum Gasteiger partial charge on any atom is -0.472 e. The summed E-state index contributed by atoms with van der Waals surface area (Å²) >= 11 is 0. The molecule has 258 valence electrons. The molecule has 4 amide bonds. The van der Waals surface area contributed by atoms with Gasteiger partial charge in [-0.25, -0.2) is 18.2 Å². The van der Waals surface area contributed by atoms with Gasteiger partial charge in [-0.15, -0.1) is 6.58 Å². The Morgan fingerprint density at radius 3 is 2.55 bits per heavy atom. The van der Waals surface area contributed by atoms with Crippen LogP contribution in [0.4, 0.5) is 4.79 Å². The molecule has 13 nitrogen and oxygen atoms in total. The van der Waals surface area contributed by atoms with Gasteiger partial charge in [0.1, 0.15) is 23.7 Å². The largest absolute Gasteiger partial charge is 0.472 e. The molecule has 2 bridgehead atoms. The van der Waals surface area contributed by atoms with E-state index >= 15 is 0 Å². The lowest BCUT2D eigenvalue weighted by molar-refractivity contribution is -0.142. The molecule has 2 aliphatic carbocycles. The number of fused-ring (bicyclic) bond motifs is 3. The SMILES string of the molecule is C=C[C@@H]1C[C@]1(NC(=O)[C@@H]1C[C@H]2CN1C(=O)[C@H](C(C)(C)C)NC(=O)OCCCCCCCc1cccnc1O2)C(=O)NS(=O)(=O)C1CC1. The second-order valence-corrected chi connectivity index (χ2v) is 16.2. The molecule has 2 saturated carbocycles.